The molecule has 11 heavy (non-hydrogen) atoms. The predicted octanol–water partition coefficient (Wildman–Crippen LogP) is 1.20. The minimum absolute atomic E-state index is 0.0120. The molecule has 0 bridgehead atoms. The third-order valence-corrected chi connectivity index (χ3v) is 1.59. The summed E-state index contributed by atoms with van der Waals surface area (Å²) in [6.07, 6.45) is 1.62. The Bertz CT molecular complexity index is 234. The van der Waals surface area contributed by atoms with E-state index >= 15 is 0 Å². The molecule has 1 heterocycles. The molecule has 0 radical (unpaired) electrons. The standard InChI is InChI=1S/C8H14N2O/c1-8(2,3)7-6(4-11)9-5-10-7/h5,11H,4H2,1-3H3,(H,9,10). The SMILES string of the molecule is CC(C)(C)c1nc[nH]c1CO. The second kappa shape index (κ2) is 2.66. The van der Waals surface area contributed by atoms with E-state index < -0.39 is 0 Å². The van der Waals surface area contributed by atoms with Crippen LogP contribution in [0.25, 0.3) is 0 Å². The molecular weight excluding hydrogens is 140 g/mol. The number of aromatic nitrogens is 2. The van der Waals surface area contributed by atoms with Crippen LogP contribution in [0.15, 0.2) is 6.33 Å². The molecule has 0 amide bonds. The summed E-state index contributed by atoms with van der Waals surface area (Å²) in [7, 11) is 0. The van der Waals surface area contributed by atoms with Crippen LogP contribution in [-0.2, 0) is 12.0 Å². The van der Waals surface area contributed by atoms with E-state index in [1.54, 1.807) is 6.33 Å². The van der Waals surface area contributed by atoms with Crippen molar-refractivity contribution >= 4 is 0 Å². The molecule has 0 aliphatic heterocycles. The first-order valence-electron chi connectivity index (χ1n) is 3.69. The quantitative estimate of drug-likeness (QED) is 0.638. The fraction of sp³-hybridized carbons (Fsp3) is 0.625. The second-order valence-electron chi connectivity index (χ2n) is 3.64. The number of H-pyrrole nitrogens is 1. The van der Waals surface area contributed by atoms with E-state index in [1.807, 2.05) is 0 Å². The molecule has 0 fully saturated rings. The molecule has 0 saturated heterocycles. The Morgan fingerprint density at radius 1 is 1.55 bits per heavy atom. The fourth-order valence-electron chi connectivity index (χ4n) is 1.09. The average Bonchev–Trinajstić information content (AvgIpc) is 2.31. The number of aromatic amines is 1. The fourth-order valence-corrected chi connectivity index (χ4v) is 1.09. The first-order valence-corrected chi connectivity index (χ1v) is 3.69. The van der Waals surface area contributed by atoms with Crippen molar-refractivity contribution in [2.45, 2.75) is 32.8 Å². The van der Waals surface area contributed by atoms with E-state index in [2.05, 4.69) is 30.7 Å². The molecular formula is C8H14N2O. The number of hydrogen-bond donors (Lipinski definition) is 2. The van der Waals surface area contributed by atoms with Crippen molar-refractivity contribution in [1.82, 2.24) is 9.97 Å². The van der Waals surface area contributed by atoms with Gasteiger partial charge in [-0.2, -0.15) is 0 Å². The lowest BCUT2D eigenvalue weighted by atomic mass is 9.91. The number of imidazole rings is 1. The van der Waals surface area contributed by atoms with Gasteiger partial charge >= 0.3 is 0 Å². The van der Waals surface area contributed by atoms with Crippen LogP contribution in [0.3, 0.4) is 0 Å². The lowest BCUT2D eigenvalue weighted by molar-refractivity contribution is 0.274. The maximum atomic E-state index is 8.90. The van der Waals surface area contributed by atoms with Crippen molar-refractivity contribution in [3.8, 4) is 0 Å². The Balaban J connectivity index is 3.02. The van der Waals surface area contributed by atoms with Crippen LogP contribution in [0.1, 0.15) is 32.2 Å². The molecule has 0 spiro atoms. The topological polar surface area (TPSA) is 48.9 Å². The van der Waals surface area contributed by atoms with Crippen LogP contribution in [0.4, 0.5) is 0 Å². The Morgan fingerprint density at radius 3 is 2.55 bits per heavy atom. The summed E-state index contributed by atoms with van der Waals surface area (Å²) in [6.45, 7) is 6.25. The van der Waals surface area contributed by atoms with Gasteiger partial charge in [-0.1, -0.05) is 20.8 Å². The lowest BCUT2D eigenvalue weighted by Crippen LogP contribution is -2.14. The van der Waals surface area contributed by atoms with Gasteiger partial charge in [0.2, 0.25) is 0 Å². The van der Waals surface area contributed by atoms with Gasteiger partial charge in [0.15, 0.2) is 0 Å². The molecule has 1 rings (SSSR count). The molecule has 62 valence electrons. The summed E-state index contributed by atoms with van der Waals surface area (Å²) in [5.41, 5.74) is 1.77. The Morgan fingerprint density at radius 2 is 2.18 bits per heavy atom. The highest BCUT2D eigenvalue weighted by molar-refractivity contribution is 5.18. The number of rotatable bonds is 1. The van der Waals surface area contributed by atoms with Crippen molar-refractivity contribution in [2.75, 3.05) is 0 Å². The maximum Gasteiger partial charge on any atom is 0.0926 e. The normalized spacial score (nSPS) is 12.0. The van der Waals surface area contributed by atoms with Gasteiger partial charge in [0.25, 0.3) is 0 Å². The average molecular weight is 154 g/mol. The Labute approximate surface area is 66.5 Å². The highest BCUT2D eigenvalue weighted by atomic mass is 16.3. The molecule has 0 aliphatic rings. The zero-order valence-corrected chi connectivity index (χ0v) is 7.18. The summed E-state index contributed by atoms with van der Waals surface area (Å²) in [4.78, 5) is 7.04. The van der Waals surface area contributed by atoms with Crippen LogP contribution in [0.2, 0.25) is 0 Å². The zero-order valence-electron chi connectivity index (χ0n) is 7.18. The van der Waals surface area contributed by atoms with E-state index in [-0.39, 0.29) is 12.0 Å². The summed E-state index contributed by atoms with van der Waals surface area (Å²) in [6, 6.07) is 0. The highest BCUT2D eigenvalue weighted by Gasteiger charge is 2.19. The third kappa shape index (κ3) is 1.60. The summed E-state index contributed by atoms with van der Waals surface area (Å²) < 4.78 is 0. The van der Waals surface area contributed by atoms with E-state index in [4.69, 9.17) is 5.11 Å². The van der Waals surface area contributed by atoms with Crippen LogP contribution in [0, 0.1) is 0 Å². The number of nitrogens with zero attached hydrogens (tertiary/aromatic N) is 1. The molecule has 0 aliphatic carbocycles. The van der Waals surface area contributed by atoms with Gasteiger partial charge in [0, 0.05) is 5.41 Å². The first kappa shape index (κ1) is 8.27. The molecule has 0 unspecified atom stereocenters. The molecule has 0 saturated carbocycles. The van der Waals surface area contributed by atoms with Crippen molar-refractivity contribution in [1.29, 1.82) is 0 Å². The second-order valence-corrected chi connectivity index (χ2v) is 3.64. The maximum absolute atomic E-state index is 8.90. The third-order valence-electron chi connectivity index (χ3n) is 1.59. The van der Waals surface area contributed by atoms with Crippen molar-refractivity contribution in [3.63, 3.8) is 0 Å². The molecule has 2 N–H and O–H groups in total. The van der Waals surface area contributed by atoms with Crippen molar-refractivity contribution < 1.29 is 5.11 Å². The number of nitrogens with one attached hydrogen (secondary N) is 1. The van der Waals surface area contributed by atoms with Crippen LogP contribution < -0.4 is 0 Å². The smallest absolute Gasteiger partial charge is 0.0926 e. The summed E-state index contributed by atoms with van der Waals surface area (Å²) in [5.74, 6) is 0. The van der Waals surface area contributed by atoms with E-state index in [0.29, 0.717) is 0 Å². The van der Waals surface area contributed by atoms with Crippen molar-refractivity contribution in [2.24, 2.45) is 0 Å². The number of hydrogen-bond acceptors (Lipinski definition) is 2. The summed E-state index contributed by atoms with van der Waals surface area (Å²) >= 11 is 0. The van der Waals surface area contributed by atoms with Gasteiger partial charge in [-0.25, -0.2) is 4.98 Å². The molecule has 3 nitrogen and oxygen atoms in total. The monoisotopic (exact) mass is 154 g/mol. The number of aliphatic hydroxyl groups is 1. The molecule has 0 atom stereocenters. The minimum atomic E-state index is 0.0120. The molecule has 1 aromatic rings. The minimum Gasteiger partial charge on any atom is -0.390 e. The van der Waals surface area contributed by atoms with Gasteiger partial charge in [-0.05, 0) is 0 Å². The van der Waals surface area contributed by atoms with Gasteiger partial charge in [-0.3, -0.25) is 0 Å². The largest absolute Gasteiger partial charge is 0.390 e. The zero-order chi connectivity index (χ0) is 8.48. The van der Waals surface area contributed by atoms with Crippen LogP contribution in [-0.4, -0.2) is 15.1 Å². The summed E-state index contributed by atoms with van der Waals surface area (Å²) in [5, 5.41) is 8.90. The van der Waals surface area contributed by atoms with Crippen LogP contribution >= 0.6 is 0 Å². The molecule has 3 heteroatoms. The molecule has 1 aromatic heterocycles. The Kier molecular flexibility index (Phi) is 2.00. The van der Waals surface area contributed by atoms with Gasteiger partial charge < -0.3 is 10.1 Å². The van der Waals surface area contributed by atoms with E-state index in [0.717, 1.165) is 11.4 Å². The lowest BCUT2D eigenvalue weighted by Gasteiger charge is -2.16. The highest BCUT2D eigenvalue weighted by Crippen LogP contribution is 2.22. The first-order chi connectivity index (χ1) is 5.05. The van der Waals surface area contributed by atoms with Gasteiger partial charge in [0.1, 0.15) is 0 Å². The van der Waals surface area contributed by atoms with Crippen molar-refractivity contribution in [3.05, 3.63) is 17.7 Å². The van der Waals surface area contributed by atoms with Gasteiger partial charge in [-0.15, -0.1) is 0 Å². The number of aliphatic hydroxyl groups excluding tert-OH is 1. The van der Waals surface area contributed by atoms with Gasteiger partial charge in [0.05, 0.1) is 24.3 Å². The van der Waals surface area contributed by atoms with E-state index in [1.165, 1.54) is 0 Å². The molecule has 0 aromatic carbocycles. The Hall–Kier alpha value is -0.830. The van der Waals surface area contributed by atoms with Crippen LogP contribution in [0.5, 0.6) is 0 Å². The van der Waals surface area contributed by atoms with E-state index in [9.17, 15) is 0 Å². The predicted molar refractivity (Wildman–Crippen MR) is 43.2 cm³/mol.